The van der Waals surface area contributed by atoms with Gasteiger partial charge in [-0.1, -0.05) is 0 Å². The molecule has 13 heavy (non-hydrogen) atoms. The van der Waals surface area contributed by atoms with E-state index in [0.29, 0.717) is 5.88 Å². The number of pyridine rings is 1. The summed E-state index contributed by atoms with van der Waals surface area (Å²) in [6, 6.07) is 2.11. The molecule has 0 fully saturated rings. The van der Waals surface area contributed by atoms with Gasteiger partial charge in [-0.3, -0.25) is 0 Å². The molecule has 0 aromatic carbocycles. The van der Waals surface area contributed by atoms with Gasteiger partial charge < -0.3 is 10.1 Å². The van der Waals surface area contributed by atoms with E-state index < -0.39 is 0 Å². The van der Waals surface area contributed by atoms with E-state index >= 15 is 0 Å². The number of methoxy groups -OCH3 is 1. The number of rotatable bonds is 4. The maximum atomic E-state index is 5.08. The molecular weight excluding hydrogens is 164 g/mol. The van der Waals surface area contributed by atoms with Gasteiger partial charge in [0, 0.05) is 11.8 Å². The minimum Gasteiger partial charge on any atom is -0.481 e. The Morgan fingerprint density at radius 2 is 2.31 bits per heavy atom. The number of hydrogen-bond donors (Lipinski definition) is 1. The molecule has 0 atom stereocenters. The van der Waals surface area contributed by atoms with Crippen LogP contribution in [-0.2, 0) is 6.42 Å². The smallest absolute Gasteiger partial charge is 0.215 e. The molecule has 1 N–H and O–H groups in total. The lowest BCUT2D eigenvalue weighted by molar-refractivity contribution is 0.394. The normalized spacial score (nSPS) is 10.1. The van der Waals surface area contributed by atoms with E-state index in [0.717, 1.165) is 18.5 Å². The molecule has 0 aliphatic carbocycles. The van der Waals surface area contributed by atoms with Crippen molar-refractivity contribution in [2.45, 2.75) is 13.3 Å². The van der Waals surface area contributed by atoms with E-state index in [4.69, 9.17) is 4.74 Å². The highest BCUT2D eigenvalue weighted by Gasteiger charge is 2.00. The van der Waals surface area contributed by atoms with Crippen LogP contribution < -0.4 is 10.1 Å². The molecule has 0 saturated heterocycles. The summed E-state index contributed by atoms with van der Waals surface area (Å²) in [4.78, 5) is 4.20. The van der Waals surface area contributed by atoms with Gasteiger partial charge in [0.25, 0.3) is 0 Å². The average Bonchev–Trinajstić information content (AvgIpc) is 2.15. The van der Waals surface area contributed by atoms with E-state index in [2.05, 4.69) is 16.4 Å². The predicted octanol–water partition coefficient (Wildman–Crippen LogP) is 1.16. The van der Waals surface area contributed by atoms with E-state index in [1.54, 1.807) is 7.11 Å². The fraction of sp³-hybridized carbons (Fsp3) is 0.500. The van der Waals surface area contributed by atoms with E-state index in [-0.39, 0.29) is 0 Å². The summed E-state index contributed by atoms with van der Waals surface area (Å²) in [7, 11) is 3.59. The first-order valence-electron chi connectivity index (χ1n) is 4.42. The molecule has 0 aliphatic heterocycles. The van der Waals surface area contributed by atoms with Crippen LogP contribution in [0, 0.1) is 6.92 Å². The highest BCUT2D eigenvalue weighted by atomic mass is 16.5. The van der Waals surface area contributed by atoms with Gasteiger partial charge in [-0.05, 0) is 38.6 Å². The molecule has 0 spiro atoms. The lowest BCUT2D eigenvalue weighted by Crippen LogP contribution is -2.10. The number of likely N-dealkylation sites (N-methyl/N-ethyl adjacent to an activating group) is 1. The lowest BCUT2D eigenvalue weighted by Gasteiger charge is -2.05. The van der Waals surface area contributed by atoms with Crippen LogP contribution in [0.5, 0.6) is 5.88 Å². The predicted molar refractivity (Wildman–Crippen MR) is 53.2 cm³/mol. The van der Waals surface area contributed by atoms with Crippen LogP contribution >= 0.6 is 0 Å². The van der Waals surface area contributed by atoms with Gasteiger partial charge in [0.2, 0.25) is 5.88 Å². The Hall–Kier alpha value is -1.09. The number of aromatic nitrogens is 1. The lowest BCUT2D eigenvalue weighted by atomic mass is 10.1. The van der Waals surface area contributed by atoms with E-state index in [1.165, 1.54) is 5.56 Å². The molecule has 72 valence electrons. The second kappa shape index (κ2) is 4.82. The standard InChI is InChI=1S/C10H16N2O/c1-8-6-9(4-5-11-2)7-12-10(8)13-3/h6-7,11H,4-5H2,1-3H3. The summed E-state index contributed by atoms with van der Waals surface area (Å²) in [6.45, 7) is 2.99. The second-order valence-electron chi connectivity index (χ2n) is 3.02. The third-order valence-corrected chi connectivity index (χ3v) is 1.94. The van der Waals surface area contributed by atoms with Gasteiger partial charge in [-0.25, -0.2) is 4.98 Å². The topological polar surface area (TPSA) is 34.2 Å². The van der Waals surface area contributed by atoms with Crippen LogP contribution in [0.1, 0.15) is 11.1 Å². The fourth-order valence-electron chi connectivity index (χ4n) is 1.24. The molecule has 0 saturated carbocycles. The first kappa shape index (κ1) is 9.99. The molecular formula is C10H16N2O. The Balaban J connectivity index is 2.71. The van der Waals surface area contributed by atoms with Gasteiger partial charge in [0.15, 0.2) is 0 Å². The van der Waals surface area contributed by atoms with Gasteiger partial charge >= 0.3 is 0 Å². The summed E-state index contributed by atoms with van der Waals surface area (Å²) < 4.78 is 5.08. The van der Waals surface area contributed by atoms with Crippen molar-refractivity contribution in [1.29, 1.82) is 0 Å². The summed E-state index contributed by atoms with van der Waals surface area (Å²) >= 11 is 0. The molecule has 3 nitrogen and oxygen atoms in total. The van der Waals surface area contributed by atoms with Crippen LogP contribution in [0.25, 0.3) is 0 Å². The van der Waals surface area contributed by atoms with Crippen molar-refractivity contribution < 1.29 is 4.74 Å². The zero-order valence-electron chi connectivity index (χ0n) is 8.42. The first-order valence-corrected chi connectivity index (χ1v) is 4.42. The van der Waals surface area contributed by atoms with Crippen LogP contribution in [-0.4, -0.2) is 25.7 Å². The maximum Gasteiger partial charge on any atom is 0.215 e. The molecule has 1 aromatic rings. The molecule has 0 aliphatic rings. The van der Waals surface area contributed by atoms with Gasteiger partial charge in [0.1, 0.15) is 0 Å². The summed E-state index contributed by atoms with van der Waals surface area (Å²) in [6.07, 6.45) is 2.87. The Morgan fingerprint density at radius 3 is 2.85 bits per heavy atom. The highest BCUT2D eigenvalue weighted by molar-refractivity contribution is 5.28. The molecule has 0 bridgehead atoms. The fourth-order valence-corrected chi connectivity index (χ4v) is 1.24. The number of nitrogens with one attached hydrogen (secondary N) is 1. The molecule has 0 amide bonds. The van der Waals surface area contributed by atoms with Crippen molar-refractivity contribution in [3.05, 3.63) is 23.4 Å². The number of aryl methyl sites for hydroxylation is 1. The number of ether oxygens (including phenoxy) is 1. The monoisotopic (exact) mass is 180 g/mol. The molecule has 0 radical (unpaired) electrons. The quantitative estimate of drug-likeness (QED) is 0.755. The SMILES string of the molecule is CNCCc1cnc(OC)c(C)c1. The molecule has 1 heterocycles. The molecule has 1 rings (SSSR count). The van der Waals surface area contributed by atoms with Crippen molar-refractivity contribution >= 4 is 0 Å². The van der Waals surface area contributed by atoms with E-state index in [1.807, 2.05) is 20.2 Å². The number of hydrogen-bond acceptors (Lipinski definition) is 3. The highest BCUT2D eigenvalue weighted by Crippen LogP contribution is 2.14. The average molecular weight is 180 g/mol. The summed E-state index contributed by atoms with van der Waals surface area (Å²) in [5, 5.41) is 3.11. The van der Waals surface area contributed by atoms with Crippen molar-refractivity contribution in [3.63, 3.8) is 0 Å². The summed E-state index contributed by atoms with van der Waals surface area (Å²) in [5.74, 6) is 0.716. The second-order valence-corrected chi connectivity index (χ2v) is 3.02. The van der Waals surface area contributed by atoms with Crippen LogP contribution in [0.2, 0.25) is 0 Å². The first-order chi connectivity index (χ1) is 6.27. The largest absolute Gasteiger partial charge is 0.481 e. The third kappa shape index (κ3) is 2.70. The van der Waals surface area contributed by atoms with Crippen molar-refractivity contribution in [2.24, 2.45) is 0 Å². The molecule has 0 unspecified atom stereocenters. The van der Waals surface area contributed by atoms with Gasteiger partial charge in [-0.2, -0.15) is 0 Å². The van der Waals surface area contributed by atoms with Crippen molar-refractivity contribution in [3.8, 4) is 5.88 Å². The Bertz CT molecular complexity index is 274. The zero-order valence-corrected chi connectivity index (χ0v) is 8.42. The van der Waals surface area contributed by atoms with Gasteiger partial charge in [-0.15, -0.1) is 0 Å². The van der Waals surface area contributed by atoms with Crippen LogP contribution in [0.4, 0.5) is 0 Å². The molecule has 1 aromatic heterocycles. The van der Waals surface area contributed by atoms with Crippen molar-refractivity contribution in [1.82, 2.24) is 10.3 Å². The van der Waals surface area contributed by atoms with Crippen LogP contribution in [0.3, 0.4) is 0 Å². The Labute approximate surface area is 79.1 Å². The van der Waals surface area contributed by atoms with Gasteiger partial charge in [0.05, 0.1) is 7.11 Å². The Morgan fingerprint density at radius 1 is 1.54 bits per heavy atom. The third-order valence-electron chi connectivity index (χ3n) is 1.94. The van der Waals surface area contributed by atoms with Crippen molar-refractivity contribution in [2.75, 3.05) is 20.7 Å². The summed E-state index contributed by atoms with van der Waals surface area (Å²) in [5.41, 5.74) is 2.34. The Kier molecular flexibility index (Phi) is 3.71. The minimum atomic E-state index is 0.716. The van der Waals surface area contributed by atoms with E-state index in [9.17, 15) is 0 Å². The maximum absolute atomic E-state index is 5.08. The van der Waals surface area contributed by atoms with Crippen LogP contribution in [0.15, 0.2) is 12.3 Å². The molecule has 3 heteroatoms. The minimum absolute atomic E-state index is 0.716. The number of nitrogens with zero attached hydrogens (tertiary/aromatic N) is 1. The zero-order chi connectivity index (χ0) is 9.68.